The average molecular weight is 916 g/mol. The molecule has 6 heteroatoms. The summed E-state index contributed by atoms with van der Waals surface area (Å²) >= 11 is 0. The summed E-state index contributed by atoms with van der Waals surface area (Å²) in [7, 11) is 0. The van der Waals surface area contributed by atoms with E-state index in [0.29, 0.717) is 19.3 Å². The van der Waals surface area contributed by atoms with Crippen molar-refractivity contribution in [2.75, 3.05) is 13.2 Å². The van der Waals surface area contributed by atoms with E-state index in [9.17, 15) is 14.4 Å². The van der Waals surface area contributed by atoms with E-state index in [1.165, 1.54) is 212 Å². The first-order valence-corrected chi connectivity index (χ1v) is 28.8. The molecule has 0 aromatic heterocycles. The van der Waals surface area contributed by atoms with Gasteiger partial charge in [-0.25, -0.2) is 0 Å². The van der Waals surface area contributed by atoms with E-state index < -0.39 is 6.10 Å². The summed E-state index contributed by atoms with van der Waals surface area (Å²) in [5.74, 6) is -0.850. The summed E-state index contributed by atoms with van der Waals surface area (Å²) in [5, 5.41) is 0. The average Bonchev–Trinajstić information content (AvgIpc) is 3.30. The zero-order chi connectivity index (χ0) is 47.2. The summed E-state index contributed by atoms with van der Waals surface area (Å²) in [6.45, 7) is 6.66. The Morgan fingerprint density at radius 2 is 0.554 bits per heavy atom. The topological polar surface area (TPSA) is 78.9 Å². The molecule has 0 saturated carbocycles. The van der Waals surface area contributed by atoms with Crippen molar-refractivity contribution in [1.82, 2.24) is 0 Å². The molecule has 0 aromatic carbocycles. The molecule has 382 valence electrons. The van der Waals surface area contributed by atoms with E-state index in [4.69, 9.17) is 14.2 Å². The van der Waals surface area contributed by atoms with E-state index in [0.717, 1.165) is 64.2 Å². The molecule has 0 radical (unpaired) electrons. The Kier molecular flexibility index (Phi) is 52.7. The fourth-order valence-corrected chi connectivity index (χ4v) is 8.59. The number of unbranched alkanes of at least 4 members (excludes halogenated alkanes) is 38. The predicted molar refractivity (Wildman–Crippen MR) is 279 cm³/mol. The lowest BCUT2D eigenvalue weighted by Crippen LogP contribution is -2.30. The van der Waals surface area contributed by atoms with Crippen molar-refractivity contribution in [2.45, 2.75) is 322 Å². The van der Waals surface area contributed by atoms with Crippen LogP contribution < -0.4 is 0 Å². The highest BCUT2D eigenvalue weighted by Gasteiger charge is 2.19. The van der Waals surface area contributed by atoms with Crippen molar-refractivity contribution < 1.29 is 28.6 Å². The lowest BCUT2D eigenvalue weighted by molar-refractivity contribution is -0.167. The van der Waals surface area contributed by atoms with Gasteiger partial charge in [0.1, 0.15) is 13.2 Å². The maximum atomic E-state index is 12.8. The Morgan fingerprint density at radius 1 is 0.308 bits per heavy atom. The second-order valence-electron chi connectivity index (χ2n) is 19.6. The quantitative estimate of drug-likeness (QED) is 0.0262. The maximum absolute atomic E-state index is 12.8. The van der Waals surface area contributed by atoms with Crippen LogP contribution in [-0.4, -0.2) is 37.2 Å². The van der Waals surface area contributed by atoms with Crippen LogP contribution in [0.5, 0.6) is 0 Å². The van der Waals surface area contributed by atoms with E-state index in [1.807, 2.05) is 0 Å². The summed E-state index contributed by atoms with van der Waals surface area (Å²) < 4.78 is 16.9. The van der Waals surface area contributed by atoms with Crippen LogP contribution >= 0.6 is 0 Å². The van der Waals surface area contributed by atoms with E-state index in [-0.39, 0.29) is 31.1 Å². The van der Waals surface area contributed by atoms with Crippen molar-refractivity contribution in [1.29, 1.82) is 0 Å². The lowest BCUT2D eigenvalue weighted by Gasteiger charge is -2.18. The van der Waals surface area contributed by atoms with E-state index in [1.54, 1.807) is 0 Å². The normalized spacial score (nSPS) is 12.1. The Bertz CT molecular complexity index is 1050. The number of hydrogen-bond donors (Lipinski definition) is 0. The zero-order valence-corrected chi connectivity index (χ0v) is 43.8. The molecular formula is C59H110O6. The van der Waals surface area contributed by atoms with E-state index >= 15 is 0 Å². The summed E-state index contributed by atoms with van der Waals surface area (Å²) in [5.41, 5.74) is 0. The predicted octanol–water partition coefficient (Wildman–Crippen LogP) is 19.1. The van der Waals surface area contributed by atoms with Crippen LogP contribution in [0.4, 0.5) is 0 Å². The van der Waals surface area contributed by atoms with Gasteiger partial charge in [0.2, 0.25) is 0 Å². The van der Waals surface area contributed by atoms with Gasteiger partial charge in [0.05, 0.1) is 0 Å². The molecule has 0 aliphatic carbocycles. The van der Waals surface area contributed by atoms with Gasteiger partial charge in [0.15, 0.2) is 6.10 Å². The van der Waals surface area contributed by atoms with Crippen LogP contribution in [0.2, 0.25) is 0 Å². The Balaban J connectivity index is 4.31. The minimum Gasteiger partial charge on any atom is -0.462 e. The summed E-state index contributed by atoms with van der Waals surface area (Å²) in [6.07, 6.45) is 63.0. The van der Waals surface area contributed by atoms with Gasteiger partial charge in [-0.05, 0) is 51.4 Å². The molecule has 0 aromatic rings. The van der Waals surface area contributed by atoms with Gasteiger partial charge < -0.3 is 14.2 Å². The smallest absolute Gasteiger partial charge is 0.306 e. The standard InChI is InChI=1S/C59H110O6/c1-4-7-10-13-16-19-22-25-28-29-30-31-32-35-37-40-43-46-49-52-58(61)64-55-56(65-59(62)53-50-47-44-41-38-34-27-24-21-18-15-12-9-6-3)54-63-57(60)51-48-45-42-39-36-33-26-23-20-17-14-11-8-5-2/h16,19,25,28,56H,4-15,17-18,20-24,26-27,29-55H2,1-3H3/b19-16-,28-25-/t56-/m1/s1. The summed E-state index contributed by atoms with van der Waals surface area (Å²) in [6, 6.07) is 0. The first kappa shape index (κ1) is 62.9. The molecule has 0 bridgehead atoms. The van der Waals surface area contributed by atoms with Crippen molar-refractivity contribution in [3.8, 4) is 0 Å². The van der Waals surface area contributed by atoms with Crippen molar-refractivity contribution in [2.24, 2.45) is 0 Å². The number of allylic oxidation sites excluding steroid dienone is 4. The van der Waals surface area contributed by atoms with Crippen LogP contribution in [0.1, 0.15) is 316 Å². The van der Waals surface area contributed by atoms with Crippen LogP contribution in [0, 0.1) is 0 Å². The molecular weight excluding hydrogens is 805 g/mol. The fourth-order valence-electron chi connectivity index (χ4n) is 8.59. The number of ether oxygens (including phenoxy) is 3. The lowest BCUT2D eigenvalue weighted by atomic mass is 10.0. The summed E-state index contributed by atoms with van der Waals surface area (Å²) in [4.78, 5) is 38.1. The Morgan fingerprint density at radius 3 is 0.877 bits per heavy atom. The molecule has 0 unspecified atom stereocenters. The highest BCUT2D eigenvalue weighted by Crippen LogP contribution is 2.17. The number of esters is 3. The molecule has 0 spiro atoms. The number of hydrogen-bond acceptors (Lipinski definition) is 6. The molecule has 0 N–H and O–H groups in total. The SMILES string of the molecule is CCCCC/C=C\C/C=C\CCCCCCCCCCCC(=O)OC[C@@H](COC(=O)CCCCCCCCCCCCCCCC)OC(=O)CCCCCCCCCCCCCCCC. The molecule has 0 saturated heterocycles. The zero-order valence-electron chi connectivity index (χ0n) is 43.8. The van der Waals surface area contributed by atoms with Gasteiger partial charge in [-0.1, -0.05) is 270 Å². The Labute approximate surface area is 404 Å². The van der Waals surface area contributed by atoms with Gasteiger partial charge in [0.25, 0.3) is 0 Å². The first-order chi connectivity index (χ1) is 32.0. The van der Waals surface area contributed by atoms with Gasteiger partial charge >= 0.3 is 17.9 Å². The fraction of sp³-hybridized carbons (Fsp3) is 0.881. The maximum Gasteiger partial charge on any atom is 0.306 e. The second kappa shape index (κ2) is 54.5. The third kappa shape index (κ3) is 52.7. The highest BCUT2D eigenvalue weighted by atomic mass is 16.6. The molecule has 0 aliphatic rings. The third-order valence-corrected chi connectivity index (χ3v) is 13.0. The molecule has 65 heavy (non-hydrogen) atoms. The number of carbonyl (C=O) groups excluding carboxylic acids is 3. The highest BCUT2D eigenvalue weighted by molar-refractivity contribution is 5.71. The third-order valence-electron chi connectivity index (χ3n) is 13.0. The van der Waals surface area contributed by atoms with Crippen LogP contribution in [0.15, 0.2) is 24.3 Å². The van der Waals surface area contributed by atoms with Crippen molar-refractivity contribution >= 4 is 17.9 Å². The van der Waals surface area contributed by atoms with Crippen molar-refractivity contribution in [3.05, 3.63) is 24.3 Å². The first-order valence-electron chi connectivity index (χ1n) is 28.8. The molecule has 1 atom stereocenters. The minimum absolute atomic E-state index is 0.0667. The molecule has 0 rings (SSSR count). The van der Waals surface area contributed by atoms with Gasteiger partial charge in [0, 0.05) is 19.3 Å². The van der Waals surface area contributed by atoms with E-state index in [2.05, 4.69) is 45.1 Å². The minimum atomic E-state index is -0.767. The molecule has 0 aliphatic heterocycles. The second-order valence-corrected chi connectivity index (χ2v) is 19.6. The van der Waals surface area contributed by atoms with Gasteiger partial charge in [-0.3, -0.25) is 14.4 Å². The van der Waals surface area contributed by atoms with Crippen LogP contribution in [0.25, 0.3) is 0 Å². The van der Waals surface area contributed by atoms with Gasteiger partial charge in [-0.15, -0.1) is 0 Å². The van der Waals surface area contributed by atoms with Crippen LogP contribution in [0.3, 0.4) is 0 Å². The molecule has 0 amide bonds. The van der Waals surface area contributed by atoms with Crippen molar-refractivity contribution in [3.63, 3.8) is 0 Å². The van der Waals surface area contributed by atoms with Crippen LogP contribution in [-0.2, 0) is 28.6 Å². The number of rotatable bonds is 53. The Hall–Kier alpha value is -2.11. The molecule has 0 heterocycles. The molecule has 6 nitrogen and oxygen atoms in total. The largest absolute Gasteiger partial charge is 0.462 e. The number of carbonyl (C=O) groups is 3. The molecule has 0 fully saturated rings. The van der Waals surface area contributed by atoms with Gasteiger partial charge in [-0.2, -0.15) is 0 Å². The monoisotopic (exact) mass is 915 g/mol.